The van der Waals surface area contributed by atoms with Crippen LogP contribution >= 0.6 is 0 Å². The number of aliphatic hydroxyl groups excluding tert-OH is 1. The first-order chi connectivity index (χ1) is 11.4. The van der Waals surface area contributed by atoms with Crippen LogP contribution in [0.5, 0.6) is 0 Å². The summed E-state index contributed by atoms with van der Waals surface area (Å²) in [6.45, 7) is 7.01. The van der Waals surface area contributed by atoms with Crippen molar-refractivity contribution in [2.24, 2.45) is 0 Å². The minimum Gasteiger partial charge on any atom is -0.456 e. The second-order valence-corrected chi connectivity index (χ2v) is 6.06. The van der Waals surface area contributed by atoms with E-state index in [0.717, 1.165) is 5.56 Å². The molecule has 1 aliphatic rings. The van der Waals surface area contributed by atoms with E-state index in [9.17, 15) is 9.90 Å². The Morgan fingerprint density at radius 2 is 2.08 bits per heavy atom. The normalized spacial score (nSPS) is 24.0. The van der Waals surface area contributed by atoms with Gasteiger partial charge in [-0.2, -0.15) is 0 Å². The molecule has 0 unspecified atom stereocenters. The highest BCUT2D eigenvalue weighted by Crippen LogP contribution is 2.32. The third-order valence-electron chi connectivity index (χ3n) is 3.65. The van der Waals surface area contributed by atoms with E-state index in [1.165, 1.54) is 6.08 Å². The molecule has 0 saturated carbocycles. The summed E-state index contributed by atoms with van der Waals surface area (Å²) >= 11 is 0. The van der Waals surface area contributed by atoms with E-state index in [-0.39, 0.29) is 6.61 Å². The number of hydrogen-bond donors (Lipinski definition) is 1. The van der Waals surface area contributed by atoms with Crippen LogP contribution in [0.25, 0.3) is 6.08 Å². The van der Waals surface area contributed by atoms with Gasteiger partial charge in [-0.15, -0.1) is 6.58 Å². The molecule has 1 aromatic carbocycles. The molecule has 130 valence electrons. The maximum absolute atomic E-state index is 12.1. The summed E-state index contributed by atoms with van der Waals surface area (Å²) in [4.78, 5) is 12.1. The molecule has 5 heteroatoms. The van der Waals surface area contributed by atoms with Gasteiger partial charge in [-0.3, -0.25) is 0 Å². The summed E-state index contributed by atoms with van der Waals surface area (Å²) in [5, 5.41) is 9.49. The molecule has 3 atom stereocenters. The second kappa shape index (κ2) is 8.24. The number of hydrogen-bond acceptors (Lipinski definition) is 5. The fraction of sp³-hybridized carbons (Fsp3) is 0.421. The zero-order valence-corrected chi connectivity index (χ0v) is 14.1. The lowest BCUT2D eigenvalue weighted by atomic mass is 10.1. The van der Waals surface area contributed by atoms with Crippen LogP contribution in [0.15, 0.2) is 49.1 Å². The maximum Gasteiger partial charge on any atom is 0.331 e. The Hall–Kier alpha value is -1.95. The van der Waals surface area contributed by atoms with Gasteiger partial charge in [0, 0.05) is 12.5 Å². The third kappa shape index (κ3) is 5.03. The van der Waals surface area contributed by atoms with Gasteiger partial charge < -0.3 is 19.3 Å². The van der Waals surface area contributed by atoms with Gasteiger partial charge in [-0.05, 0) is 25.5 Å². The molecule has 1 aromatic rings. The van der Waals surface area contributed by atoms with E-state index < -0.39 is 30.1 Å². The lowest BCUT2D eigenvalue weighted by Gasteiger charge is -2.24. The van der Waals surface area contributed by atoms with Crippen LogP contribution in [-0.2, 0) is 19.0 Å². The molecule has 1 N–H and O–H groups in total. The highest BCUT2D eigenvalue weighted by molar-refractivity contribution is 5.87. The van der Waals surface area contributed by atoms with Crippen LogP contribution in [0.4, 0.5) is 0 Å². The van der Waals surface area contributed by atoms with Crippen molar-refractivity contribution >= 4 is 12.0 Å². The van der Waals surface area contributed by atoms with Crippen molar-refractivity contribution in [3.63, 3.8) is 0 Å². The van der Waals surface area contributed by atoms with Crippen molar-refractivity contribution in [3.8, 4) is 0 Å². The summed E-state index contributed by atoms with van der Waals surface area (Å²) in [7, 11) is 0. The van der Waals surface area contributed by atoms with E-state index in [1.807, 2.05) is 30.3 Å². The zero-order valence-electron chi connectivity index (χ0n) is 14.1. The smallest absolute Gasteiger partial charge is 0.331 e. The number of aliphatic hydroxyl groups is 1. The Morgan fingerprint density at radius 3 is 2.71 bits per heavy atom. The topological polar surface area (TPSA) is 65.0 Å². The van der Waals surface area contributed by atoms with Crippen LogP contribution in [0, 0.1) is 0 Å². The first-order valence-electron chi connectivity index (χ1n) is 7.96. The number of carbonyl (C=O) groups is 1. The molecular weight excluding hydrogens is 308 g/mol. The second-order valence-electron chi connectivity index (χ2n) is 6.06. The maximum atomic E-state index is 12.1. The van der Waals surface area contributed by atoms with Gasteiger partial charge in [0.25, 0.3) is 0 Å². The molecule has 0 aliphatic carbocycles. The average molecular weight is 332 g/mol. The molecule has 1 heterocycles. The highest BCUT2D eigenvalue weighted by atomic mass is 16.8. The van der Waals surface area contributed by atoms with E-state index in [2.05, 4.69) is 6.58 Å². The van der Waals surface area contributed by atoms with Crippen molar-refractivity contribution in [1.29, 1.82) is 0 Å². The van der Waals surface area contributed by atoms with Crippen LogP contribution in [0.2, 0.25) is 0 Å². The Kier molecular flexibility index (Phi) is 6.31. The average Bonchev–Trinajstić information content (AvgIpc) is 2.88. The molecule has 1 fully saturated rings. The van der Waals surface area contributed by atoms with Crippen molar-refractivity contribution in [2.75, 3.05) is 6.61 Å². The monoisotopic (exact) mass is 332 g/mol. The summed E-state index contributed by atoms with van der Waals surface area (Å²) in [5.74, 6) is -1.31. The number of carbonyl (C=O) groups excluding carboxylic acids is 1. The molecule has 0 spiro atoms. The Balaban J connectivity index is 2.03. The standard InChI is InChI=1S/C19H24O5/c1-4-8-15(18-16(13-20)23-19(2,3)24-18)22-17(21)12-11-14-9-6-5-7-10-14/h4-7,9-12,15-16,18,20H,1,8,13H2,2-3H3/b12-11+/t15-,16+,18+/m1/s1. The molecule has 0 aromatic heterocycles. The quantitative estimate of drug-likeness (QED) is 0.472. The van der Waals surface area contributed by atoms with E-state index in [4.69, 9.17) is 14.2 Å². The Bertz CT molecular complexity index is 579. The lowest BCUT2D eigenvalue weighted by Crippen LogP contribution is -2.39. The van der Waals surface area contributed by atoms with Crippen LogP contribution in [-0.4, -0.2) is 41.8 Å². The van der Waals surface area contributed by atoms with Gasteiger partial charge in [0.1, 0.15) is 18.3 Å². The van der Waals surface area contributed by atoms with Gasteiger partial charge >= 0.3 is 5.97 Å². The van der Waals surface area contributed by atoms with E-state index in [0.29, 0.717) is 6.42 Å². The molecular formula is C19H24O5. The largest absolute Gasteiger partial charge is 0.456 e. The lowest BCUT2D eigenvalue weighted by molar-refractivity contribution is -0.167. The van der Waals surface area contributed by atoms with Crippen LogP contribution in [0.1, 0.15) is 25.8 Å². The predicted octanol–water partition coefficient (Wildman–Crippen LogP) is 2.70. The van der Waals surface area contributed by atoms with Crippen molar-refractivity contribution in [1.82, 2.24) is 0 Å². The molecule has 24 heavy (non-hydrogen) atoms. The van der Waals surface area contributed by atoms with Gasteiger partial charge in [0.05, 0.1) is 6.61 Å². The summed E-state index contributed by atoms with van der Waals surface area (Å²) < 4.78 is 16.9. The van der Waals surface area contributed by atoms with Gasteiger partial charge in [0.2, 0.25) is 0 Å². The van der Waals surface area contributed by atoms with Crippen LogP contribution in [0.3, 0.4) is 0 Å². The SMILES string of the molecule is C=CC[C@@H](OC(=O)/C=C/c1ccccc1)[C@@H]1OC(C)(C)O[C@H]1CO. The fourth-order valence-corrected chi connectivity index (χ4v) is 2.65. The minimum atomic E-state index is -0.830. The van der Waals surface area contributed by atoms with Crippen molar-refractivity contribution in [3.05, 3.63) is 54.6 Å². The van der Waals surface area contributed by atoms with E-state index >= 15 is 0 Å². The molecule has 5 nitrogen and oxygen atoms in total. The zero-order chi connectivity index (χ0) is 17.6. The van der Waals surface area contributed by atoms with Crippen LogP contribution < -0.4 is 0 Å². The first-order valence-corrected chi connectivity index (χ1v) is 7.96. The van der Waals surface area contributed by atoms with Crippen molar-refractivity contribution < 1.29 is 24.1 Å². The fourth-order valence-electron chi connectivity index (χ4n) is 2.65. The number of benzene rings is 1. The molecule has 0 bridgehead atoms. The third-order valence-corrected chi connectivity index (χ3v) is 3.65. The number of ether oxygens (including phenoxy) is 3. The molecule has 2 rings (SSSR count). The minimum absolute atomic E-state index is 0.209. The Morgan fingerprint density at radius 1 is 1.38 bits per heavy atom. The van der Waals surface area contributed by atoms with Crippen molar-refractivity contribution in [2.45, 2.75) is 44.4 Å². The first kappa shape index (κ1) is 18.4. The predicted molar refractivity (Wildman–Crippen MR) is 91.1 cm³/mol. The molecule has 0 amide bonds. The molecule has 0 radical (unpaired) electrons. The molecule has 1 saturated heterocycles. The summed E-state index contributed by atoms with van der Waals surface area (Å²) in [6, 6.07) is 9.47. The summed E-state index contributed by atoms with van der Waals surface area (Å²) in [5.41, 5.74) is 0.907. The Labute approximate surface area is 142 Å². The summed E-state index contributed by atoms with van der Waals surface area (Å²) in [6.07, 6.45) is 3.46. The number of rotatable bonds is 7. The highest BCUT2D eigenvalue weighted by Gasteiger charge is 2.45. The van der Waals surface area contributed by atoms with Gasteiger partial charge in [-0.1, -0.05) is 36.4 Å². The van der Waals surface area contributed by atoms with Gasteiger partial charge in [-0.25, -0.2) is 4.79 Å². The number of esters is 1. The molecule has 1 aliphatic heterocycles. The van der Waals surface area contributed by atoms with E-state index in [1.54, 1.807) is 26.0 Å². The van der Waals surface area contributed by atoms with Gasteiger partial charge in [0.15, 0.2) is 5.79 Å².